The number of carbonyl (C=O) groups is 1. The van der Waals surface area contributed by atoms with Crippen LogP contribution in [0, 0.1) is 5.92 Å². The largest absolute Gasteiger partial charge is 0.366 e. The fourth-order valence-electron chi connectivity index (χ4n) is 1.25. The highest BCUT2D eigenvalue weighted by molar-refractivity contribution is 5.78. The van der Waals surface area contributed by atoms with E-state index >= 15 is 0 Å². The van der Waals surface area contributed by atoms with Crippen molar-refractivity contribution in [3.63, 3.8) is 0 Å². The zero-order valence-corrected chi connectivity index (χ0v) is 7.15. The van der Waals surface area contributed by atoms with Crippen LogP contribution in [0.25, 0.3) is 0 Å². The molecule has 0 aromatic rings. The SMILES string of the molecule is CON(C)C(=O)C1CC(O)(O)C1. The van der Waals surface area contributed by atoms with Gasteiger partial charge in [-0.15, -0.1) is 0 Å². The molecule has 0 unspecified atom stereocenters. The van der Waals surface area contributed by atoms with E-state index in [-0.39, 0.29) is 24.7 Å². The third-order valence-electron chi connectivity index (χ3n) is 2.08. The molecule has 1 aliphatic rings. The van der Waals surface area contributed by atoms with E-state index in [4.69, 9.17) is 10.2 Å². The van der Waals surface area contributed by atoms with E-state index in [1.807, 2.05) is 0 Å². The summed E-state index contributed by atoms with van der Waals surface area (Å²) in [4.78, 5) is 15.9. The second kappa shape index (κ2) is 3.01. The van der Waals surface area contributed by atoms with E-state index in [0.29, 0.717) is 0 Å². The summed E-state index contributed by atoms with van der Waals surface area (Å²) in [6.45, 7) is 0. The van der Waals surface area contributed by atoms with Crippen molar-refractivity contribution in [1.82, 2.24) is 5.06 Å². The summed E-state index contributed by atoms with van der Waals surface area (Å²) in [5, 5.41) is 19.0. The van der Waals surface area contributed by atoms with Crippen LogP contribution in [0.2, 0.25) is 0 Å². The molecule has 5 nitrogen and oxygen atoms in total. The molecule has 0 aromatic carbocycles. The number of nitrogens with zero attached hydrogens (tertiary/aromatic N) is 1. The highest BCUT2D eigenvalue weighted by atomic mass is 16.7. The van der Waals surface area contributed by atoms with Gasteiger partial charge in [-0.1, -0.05) is 0 Å². The minimum atomic E-state index is -1.64. The summed E-state index contributed by atoms with van der Waals surface area (Å²) in [5.74, 6) is -2.17. The van der Waals surface area contributed by atoms with Gasteiger partial charge in [0.1, 0.15) is 0 Å². The topological polar surface area (TPSA) is 70.0 Å². The fraction of sp³-hybridized carbons (Fsp3) is 0.857. The summed E-state index contributed by atoms with van der Waals surface area (Å²) in [7, 11) is 2.89. The number of aliphatic hydroxyl groups is 2. The maximum Gasteiger partial charge on any atom is 0.249 e. The first-order chi connectivity index (χ1) is 5.46. The molecule has 1 aliphatic carbocycles. The Bertz CT molecular complexity index is 184. The number of hydrogen-bond acceptors (Lipinski definition) is 4. The molecule has 12 heavy (non-hydrogen) atoms. The van der Waals surface area contributed by atoms with Crippen LogP contribution in [0.1, 0.15) is 12.8 Å². The molecule has 1 rings (SSSR count). The Hall–Kier alpha value is -0.650. The molecule has 5 heteroatoms. The van der Waals surface area contributed by atoms with Crippen LogP contribution in [-0.4, -0.2) is 41.1 Å². The predicted molar refractivity (Wildman–Crippen MR) is 39.7 cm³/mol. The van der Waals surface area contributed by atoms with Crippen molar-refractivity contribution in [3.05, 3.63) is 0 Å². The first-order valence-corrected chi connectivity index (χ1v) is 3.73. The molecule has 0 atom stereocenters. The van der Waals surface area contributed by atoms with Gasteiger partial charge in [-0.25, -0.2) is 5.06 Å². The second-order valence-electron chi connectivity index (χ2n) is 3.11. The number of hydrogen-bond donors (Lipinski definition) is 2. The Morgan fingerprint density at radius 3 is 2.42 bits per heavy atom. The first-order valence-electron chi connectivity index (χ1n) is 3.73. The van der Waals surface area contributed by atoms with Gasteiger partial charge in [0.15, 0.2) is 5.79 Å². The van der Waals surface area contributed by atoms with Gasteiger partial charge in [0.05, 0.1) is 13.0 Å². The molecule has 0 radical (unpaired) electrons. The lowest BCUT2D eigenvalue weighted by Crippen LogP contribution is -2.50. The van der Waals surface area contributed by atoms with Crippen molar-refractivity contribution in [2.45, 2.75) is 18.6 Å². The summed E-state index contributed by atoms with van der Waals surface area (Å²) in [6, 6.07) is 0. The molecule has 0 bridgehead atoms. The van der Waals surface area contributed by atoms with Crippen molar-refractivity contribution in [1.29, 1.82) is 0 Å². The average Bonchev–Trinajstić information content (AvgIpc) is 1.97. The standard InChI is InChI=1S/C7H13NO4/c1-8(12-2)6(9)5-3-7(10,11)4-5/h5,10-11H,3-4H2,1-2H3. The summed E-state index contributed by atoms with van der Waals surface area (Å²) in [5.41, 5.74) is 0. The zero-order valence-electron chi connectivity index (χ0n) is 7.15. The second-order valence-corrected chi connectivity index (χ2v) is 3.11. The van der Waals surface area contributed by atoms with E-state index in [2.05, 4.69) is 4.84 Å². The van der Waals surface area contributed by atoms with Crippen LogP contribution in [0.3, 0.4) is 0 Å². The molecular formula is C7H13NO4. The average molecular weight is 175 g/mol. The smallest absolute Gasteiger partial charge is 0.249 e. The molecule has 1 fully saturated rings. The molecule has 0 aliphatic heterocycles. The maximum atomic E-state index is 11.2. The van der Waals surface area contributed by atoms with Crippen molar-refractivity contribution in [2.24, 2.45) is 5.92 Å². The van der Waals surface area contributed by atoms with Gasteiger partial charge in [-0.2, -0.15) is 0 Å². The van der Waals surface area contributed by atoms with Crippen LogP contribution in [0.5, 0.6) is 0 Å². The van der Waals surface area contributed by atoms with Gasteiger partial charge in [0.2, 0.25) is 5.91 Å². The molecule has 0 heterocycles. The maximum absolute atomic E-state index is 11.2. The number of rotatable bonds is 2. The lowest BCUT2D eigenvalue weighted by Gasteiger charge is -2.39. The lowest BCUT2D eigenvalue weighted by molar-refractivity contribution is -0.243. The molecule has 0 aromatic heterocycles. The molecule has 70 valence electrons. The minimum absolute atomic E-state index is 0.0968. The van der Waals surface area contributed by atoms with Gasteiger partial charge in [0.25, 0.3) is 0 Å². The van der Waals surface area contributed by atoms with E-state index in [1.165, 1.54) is 14.2 Å². The van der Waals surface area contributed by atoms with E-state index in [1.54, 1.807) is 0 Å². The lowest BCUT2D eigenvalue weighted by atomic mass is 9.78. The van der Waals surface area contributed by atoms with Gasteiger partial charge >= 0.3 is 0 Å². The Labute approximate surface area is 70.5 Å². The van der Waals surface area contributed by atoms with Crippen LogP contribution >= 0.6 is 0 Å². The number of carbonyl (C=O) groups excluding carboxylic acids is 1. The molecule has 0 spiro atoms. The third-order valence-corrected chi connectivity index (χ3v) is 2.08. The first kappa shape index (κ1) is 9.44. The van der Waals surface area contributed by atoms with Crippen LogP contribution < -0.4 is 0 Å². The Morgan fingerprint density at radius 1 is 1.58 bits per heavy atom. The summed E-state index contributed by atoms with van der Waals surface area (Å²) in [6.07, 6.45) is 0.194. The third kappa shape index (κ3) is 1.74. The molecule has 1 saturated carbocycles. The van der Waals surface area contributed by atoms with Crippen molar-refractivity contribution in [3.8, 4) is 0 Å². The van der Waals surface area contributed by atoms with Crippen molar-refractivity contribution < 1.29 is 19.8 Å². The quantitative estimate of drug-likeness (QED) is 0.421. The van der Waals surface area contributed by atoms with Gasteiger partial charge in [-0.3, -0.25) is 9.63 Å². The van der Waals surface area contributed by atoms with Crippen LogP contribution in [0.15, 0.2) is 0 Å². The highest BCUT2D eigenvalue weighted by Gasteiger charge is 2.45. The van der Waals surface area contributed by atoms with E-state index in [0.717, 1.165) is 5.06 Å². The van der Waals surface area contributed by atoms with Gasteiger partial charge < -0.3 is 10.2 Å². The van der Waals surface area contributed by atoms with E-state index in [9.17, 15) is 4.79 Å². The van der Waals surface area contributed by atoms with Crippen molar-refractivity contribution >= 4 is 5.91 Å². The van der Waals surface area contributed by atoms with Crippen molar-refractivity contribution in [2.75, 3.05) is 14.2 Å². The van der Waals surface area contributed by atoms with Gasteiger partial charge in [-0.05, 0) is 0 Å². The molecular weight excluding hydrogens is 162 g/mol. The minimum Gasteiger partial charge on any atom is -0.366 e. The van der Waals surface area contributed by atoms with Crippen LogP contribution in [-0.2, 0) is 9.63 Å². The Morgan fingerprint density at radius 2 is 2.08 bits per heavy atom. The fourth-order valence-corrected chi connectivity index (χ4v) is 1.25. The van der Waals surface area contributed by atoms with Gasteiger partial charge in [0, 0.05) is 19.9 Å². The molecule has 1 amide bonds. The Balaban J connectivity index is 2.38. The molecule has 2 N–H and O–H groups in total. The predicted octanol–water partition coefficient (Wildman–Crippen LogP) is -0.903. The summed E-state index contributed by atoms with van der Waals surface area (Å²) >= 11 is 0. The monoisotopic (exact) mass is 175 g/mol. The number of hydroxylamine groups is 2. The normalized spacial score (nSPS) is 21.7. The highest BCUT2D eigenvalue weighted by Crippen LogP contribution is 2.36. The zero-order chi connectivity index (χ0) is 9.35. The molecule has 0 saturated heterocycles. The summed E-state index contributed by atoms with van der Waals surface area (Å²) < 4.78 is 0. The number of amides is 1. The Kier molecular flexibility index (Phi) is 2.36. The van der Waals surface area contributed by atoms with E-state index < -0.39 is 5.79 Å². The van der Waals surface area contributed by atoms with Crippen LogP contribution in [0.4, 0.5) is 0 Å².